The van der Waals surface area contributed by atoms with E-state index in [-0.39, 0.29) is 10.6 Å². The molecule has 3 heteroatoms. The first-order valence-corrected chi connectivity index (χ1v) is 5.64. The van der Waals surface area contributed by atoms with E-state index >= 15 is 0 Å². The molecule has 2 rings (SSSR count). The average molecular weight is 239 g/mol. The Balaban J connectivity index is 2.23. The average Bonchev–Trinajstić information content (AvgIpc) is 2.37. The van der Waals surface area contributed by atoms with Crippen LogP contribution in [0.1, 0.15) is 16.7 Å². The van der Waals surface area contributed by atoms with Crippen molar-refractivity contribution >= 4 is 17.8 Å². The van der Waals surface area contributed by atoms with Gasteiger partial charge in [0.25, 0.3) is 5.69 Å². The van der Waals surface area contributed by atoms with Crippen LogP contribution in [0.5, 0.6) is 0 Å². The van der Waals surface area contributed by atoms with Gasteiger partial charge in [0, 0.05) is 12.1 Å². The SMILES string of the molecule is Cc1cccc(/C=C/c2cccc([N+](=O)[O-])c2)c1. The van der Waals surface area contributed by atoms with Gasteiger partial charge in [-0.15, -0.1) is 0 Å². The van der Waals surface area contributed by atoms with E-state index < -0.39 is 0 Å². The monoisotopic (exact) mass is 239 g/mol. The maximum Gasteiger partial charge on any atom is 0.270 e. The van der Waals surface area contributed by atoms with Crippen molar-refractivity contribution in [2.24, 2.45) is 0 Å². The van der Waals surface area contributed by atoms with Gasteiger partial charge in [-0.25, -0.2) is 0 Å². The summed E-state index contributed by atoms with van der Waals surface area (Å²) >= 11 is 0. The summed E-state index contributed by atoms with van der Waals surface area (Å²) in [7, 11) is 0. The van der Waals surface area contributed by atoms with Gasteiger partial charge in [-0.3, -0.25) is 10.1 Å². The number of hydrogen-bond donors (Lipinski definition) is 0. The Kier molecular flexibility index (Phi) is 3.53. The van der Waals surface area contributed by atoms with E-state index in [2.05, 4.69) is 6.07 Å². The van der Waals surface area contributed by atoms with Crippen LogP contribution in [0.4, 0.5) is 5.69 Å². The number of non-ortho nitro benzene ring substituents is 1. The Labute approximate surface area is 106 Å². The minimum atomic E-state index is -0.385. The first kappa shape index (κ1) is 12.0. The lowest BCUT2D eigenvalue weighted by molar-refractivity contribution is -0.384. The van der Waals surface area contributed by atoms with Crippen LogP contribution in [0, 0.1) is 17.0 Å². The molecule has 0 aliphatic rings. The van der Waals surface area contributed by atoms with Crippen LogP contribution in [0.3, 0.4) is 0 Å². The third kappa shape index (κ3) is 3.04. The van der Waals surface area contributed by atoms with Gasteiger partial charge < -0.3 is 0 Å². The van der Waals surface area contributed by atoms with E-state index in [4.69, 9.17) is 0 Å². The van der Waals surface area contributed by atoms with Crippen LogP contribution in [0.15, 0.2) is 48.5 Å². The van der Waals surface area contributed by atoms with Crippen molar-refractivity contribution in [2.75, 3.05) is 0 Å². The topological polar surface area (TPSA) is 43.1 Å². The number of nitro groups is 1. The highest BCUT2D eigenvalue weighted by molar-refractivity contribution is 5.70. The van der Waals surface area contributed by atoms with Crippen molar-refractivity contribution in [1.82, 2.24) is 0 Å². The molecule has 0 saturated heterocycles. The van der Waals surface area contributed by atoms with Crippen LogP contribution in [-0.2, 0) is 0 Å². The smallest absolute Gasteiger partial charge is 0.258 e. The Morgan fingerprint density at radius 2 is 1.61 bits per heavy atom. The first-order valence-electron chi connectivity index (χ1n) is 5.64. The molecule has 0 heterocycles. The van der Waals surface area contributed by atoms with Gasteiger partial charge in [0.1, 0.15) is 0 Å². The van der Waals surface area contributed by atoms with Gasteiger partial charge in [0.15, 0.2) is 0 Å². The maximum atomic E-state index is 10.7. The molecular formula is C15H13NO2. The van der Waals surface area contributed by atoms with Crippen molar-refractivity contribution in [3.05, 3.63) is 75.3 Å². The van der Waals surface area contributed by atoms with Crippen LogP contribution >= 0.6 is 0 Å². The lowest BCUT2D eigenvalue weighted by Gasteiger charge is -1.97. The Hall–Kier alpha value is -2.42. The molecular weight excluding hydrogens is 226 g/mol. The van der Waals surface area contributed by atoms with Crippen LogP contribution in [-0.4, -0.2) is 4.92 Å². The zero-order valence-corrected chi connectivity index (χ0v) is 10.0. The maximum absolute atomic E-state index is 10.7. The van der Waals surface area contributed by atoms with Crippen molar-refractivity contribution < 1.29 is 4.92 Å². The van der Waals surface area contributed by atoms with Crippen molar-refractivity contribution in [1.29, 1.82) is 0 Å². The van der Waals surface area contributed by atoms with E-state index in [9.17, 15) is 10.1 Å². The summed E-state index contributed by atoms with van der Waals surface area (Å²) in [5.74, 6) is 0. The van der Waals surface area contributed by atoms with E-state index in [1.165, 1.54) is 11.6 Å². The summed E-state index contributed by atoms with van der Waals surface area (Å²) in [6.07, 6.45) is 3.83. The number of hydrogen-bond acceptors (Lipinski definition) is 2. The van der Waals surface area contributed by atoms with Gasteiger partial charge >= 0.3 is 0 Å². The second-order valence-electron chi connectivity index (χ2n) is 4.10. The molecule has 0 amide bonds. The fraction of sp³-hybridized carbons (Fsp3) is 0.0667. The molecule has 90 valence electrons. The normalized spacial score (nSPS) is 10.7. The summed E-state index contributed by atoms with van der Waals surface area (Å²) in [5, 5.41) is 10.7. The van der Waals surface area contributed by atoms with E-state index in [0.29, 0.717) is 0 Å². The Bertz CT molecular complexity index is 603. The first-order chi connectivity index (χ1) is 8.65. The van der Waals surface area contributed by atoms with Gasteiger partial charge in [0.2, 0.25) is 0 Å². The number of benzene rings is 2. The molecule has 0 aromatic heterocycles. The number of nitrogens with zero attached hydrogens (tertiary/aromatic N) is 1. The molecule has 0 atom stereocenters. The molecule has 2 aromatic carbocycles. The van der Waals surface area contributed by atoms with Crippen LogP contribution in [0.25, 0.3) is 12.2 Å². The molecule has 0 spiro atoms. The third-order valence-electron chi connectivity index (χ3n) is 2.59. The summed E-state index contributed by atoms with van der Waals surface area (Å²) in [5.41, 5.74) is 3.21. The highest BCUT2D eigenvalue weighted by Crippen LogP contribution is 2.15. The number of aryl methyl sites for hydroxylation is 1. The van der Waals surface area contributed by atoms with Gasteiger partial charge in [-0.2, -0.15) is 0 Å². The summed E-state index contributed by atoms with van der Waals surface area (Å²) in [6.45, 7) is 2.03. The fourth-order valence-corrected chi connectivity index (χ4v) is 1.71. The van der Waals surface area contributed by atoms with E-state index in [0.717, 1.165) is 11.1 Å². The summed E-state index contributed by atoms with van der Waals surface area (Å²) in [6, 6.07) is 14.7. The minimum absolute atomic E-state index is 0.112. The van der Waals surface area contributed by atoms with Crippen LogP contribution < -0.4 is 0 Å². The van der Waals surface area contributed by atoms with E-state index in [1.54, 1.807) is 12.1 Å². The number of rotatable bonds is 3. The Morgan fingerprint density at radius 1 is 1.00 bits per heavy atom. The molecule has 0 radical (unpaired) electrons. The zero-order chi connectivity index (χ0) is 13.0. The predicted molar refractivity (Wildman–Crippen MR) is 73.2 cm³/mol. The standard InChI is InChI=1S/C15H13NO2/c1-12-4-2-5-13(10-12)8-9-14-6-3-7-15(11-14)16(17)18/h2-11H,1H3/b9-8+. The van der Waals surface area contributed by atoms with Gasteiger partial charge in [0.05, 0.1) is 4.92 Å². The highest BCUT2D eigenvalue weighted by atomic mass is 16.6. The van der Waals surface area contributed by atoms with Crippen LogP contribution in [0.2, 0.25) is 0 Å². The van der Waals surface area contributed by atoms with Gasteiger partial charge in [-0.05, 0) is 18.1 Å². The molecule has 0 unspecified atom stereocenters. The zero-order valence-electron chi connectivity index (χ0n) is 10.0. The summed E-state index contributed by atoms with van der Waals surface area (Å²) < 4.78 is 0. The molecule has 0 N–H and O–H groups in total. The molecule has 0 saturated carbocycles. The van der Waals surface area contributed by atoms with E-state index in [1.807, 2.05) is 43.3 Å². The predicted octanol–water partition coefficient (Wildman–Crippen LogP) is 4.07. The quantitative estimate of drug-likeness (QED) is 0.460. The van der Waals surface area contributed by atoms with Crippen molar-refractivity contribution in [2.45, 2.75) is 6.92 Å². The second-order valence-corrected chi connectivity index (χ2v) is 4.10. The molecule has 0 fully saturated rings. The lowest BCUT2D eigenvalue weighted by Crippen LogP contribution is -1.87. The molecule has 2 aromatic rings. The molecule has 0 bridgehead atoms. The van der Waals surface area contributed by atoms with Crippen molar-refractivity contribution in [3.63, 3.8) is 0 Å². The largest absolute Gasteiger partial charge is 0.270 e. The van der Waals surface area contributed by atoms with Crippen molar-refractivity contribution in [3.8, 4) is 0 Å². The minimum Gasteiger partial charge on any atom is -0.258 e. The second kappa shape index (κ2) is 5.27. The molecule has 18 heavy (non-hydrogen) atoms. The summed E-state index contributed by atoms with van der Waals surface area (Å²) in [4.78, 5) is 10.3. The molecule has 0 aliphatic heterocycles. The van der Waals surface area contributed by atoms with Gasteiger partial charge in [-0.1, -0.05) is 54.1 Å². The Morgan fingerprint density at radius 3 is 2.22 bits per heavy atom. The number of nitro benzene ring substituents is 1. The third-order valence-corrected chi connectivity index (χ3v) is 2.59. The molecule has 0 aliphatic carbocycles. The lowest BCUT2D eigenvalue weighted by atomic mass is 10.1. The fourth-order valence-electron chi connectivity index (χ4n) is 1.71. The highest BCUT2D eigenvalue weighted by Gasteiger charge is 2.03. The molecule has 3 nitrogen and oxygen atoms in total.